The molecule has 2 aliphatic carbocycles. The van der Waals surface area contributed by atoms with Gasteiger partial charge in [-0.2, -0.15) is 0 Å². The van der Waals surface area contributed by atoms with Gasteiger partial charge in [0.2, 0.25) is 10.0 Å². The second kappa shape index (κ2) is 7.19. The molecule has 1 aromatic rings. The fourth-order valence-electron chi connectivity index (χ4n) is 6.05. The Kier molecular flexibility index (Phi) is 5.11. The lowest BCUT2D eigenvalue weighted by Gasteiger charge is -2.37. The van der Waals surface area contributed by atoms with Crippen LogP contribution in [-0.2, 0) is 10.0 Å². The van der Waals surface area contributed by atoms with Gasteiger partial charge in [0, 0.05) is 17.4 Å². The minimum Gasteiger partial charge on any atom is -0.492 e. The summed E-state index contributed by atoms with van der Waals surface area (Å²) < 4.78 is 33.5. The maximum atomic E-state index is 13.7. The Morgan fingerprint density at radius 2 is 1.97 bits per heavy atom. The van der Waals surface area contributed by atoms with Crippen LogP contribution >= 0.6 is 0 Å². The van der Waals surface area contributed by atoms with Crippen LogP contribution in [0.3, 0.4) is 0 Å². The van der Waals surface area contributed by atoms with Crippen LogP contribution in [0.15, 0.2) is 30.4 Å². The highest BCUT2D eigenvalue weighted by atomic mass is 32.2. The molecular weight excluding hydrogens is 414 g/mol. The lowest BCUT2D eigenvalue weighted by Crippen LogP contribution is -2.44. The third kappa shape index (κ3) is 3.23. The number of nitrogens with zero attached hydrogens (tertiary/aromatic N) is 1. The molecule has 31 heavy (non-hydrogen) atoms. The molecule has 0 radical (unpaired) electrons. The minimum absolute atomic E-state index is 0.0121. The molecule has 1 heterocycles. The van der Waals surface area contributed by atoms with Gasteiger partial charge < -0.3 is 4.74 Å². The Morgan fingerprint density at radius 1 is 1.26 bits per heavy atom. The van der Waals surface area contributed by atoms with E-state index in [1.807, 2.05) is 6.92 Å². The molecule has 3 aliphatic rings. The zero-order chi connectivity index (χ0) is 22.8. The largest absolute Gasteiger partial charge is 0.492 e. The van der Waals surface area contributed by atoms with Crippen molar-refractivity contribution >= 4 is 21.7 Å². The van der Waals surface area contributed by atoms with E-state index < -0.39 is 21.3 Å². The summed E-state index contributed by atoms with van der Waals surface area (Å²) in [6, 6.07) is 4.34. The summed E-state index contributed by atoms with van der Waals surface area (Å²) in [4.78, 5) is 25.7. The predicted molar refractivity (Wildman–Crippen MR) is 119 cm³/mol. The summed E-state index contributed by atoms with van der Waals surface area (Å²) in [6.45, 7) is 11.8. The fourth-order valence-corrected chi connectivity index (χ4v) is 8.58. The zero-order valence-electron chi connectivity index (χ0n) is 18.7. The van der Waals surface area contributed by atoms with Crippen LogP contribution in [-0.4, -0.2) is 42.8 Å². The third-order valence-electron chi connectivity index (χ3n) is 8.01. The molecule has 0 aromatic heterocycles. The highest BCUT2D eigenvalue weighted by Crippen LogP contribution is 2.70. The van der Waals surface area contributed by atoms with Gasteiger partial charge in [0.1, 0.15) is 5.75 Å². The summed E-state index contributed by atoms with van der Waals surface area (Å²) in [5.74, 6) is -0.0472. The molecule has 3 fully saturated rings. The van der Waals surface area contributed by atoms with Crippen LogP contribution in [0.4, 0.5) is 0 Å². The average molecular weight is 446 g/mol. The first-order valence-electron chi connectivity index (χ1n) is 10.9. The van der Waals surface area contributed by atoms with Crippen molar-refractivity contribution in [3.63, 3.8) is 0 Å². The van der Waals surface area contributed by atoms with E-state index in [4.69, 9.17) is 4.74 Å². The van der Waals surface area contributed by atoms with E-state index in [1.165, 1.54) is 13.0 Å². The Balaban J connectivity index is 1.74. The van der Waals surface area contributed by atoms with Gasteiger partial charge in [-0.1, -0.05) is 19.4 Å². The summed E-state index contributed by atoms with van der Waals surface area (Å²) in [6.07, 6.45) is 3.16. The van der Waals surface area contributed by atoms with Crippen LogP contribution < -0.4 is 4.74 Å². The Labute approximate surface area is 184 Å². The first-order valence-corrected chi connectivity index (χ1v) is 12.5. The second-order valence-corrected chi connectivity index (χ2v) is 11.9. The van der Waals surface area contributed by atoms with Gasteiger partial charge in [0.05, 0.1) is 24.0 Å². The van der Waals surface area contributed by atoms with Crippen molar-refractivity contribution in [2.24, 2.45) is 16.7 Å². The summed E-state index contributed by atoms with van der Waals surface area (Å²) in [7, 11) is -3.76. The molecular formula is C24H31NO5S. The number of carbonyl (C=O) groups is 2. The number of ether oxygens (including phenoxy) is 1. The lowest BCUT2D eigenvalue weighted by atomic mass is 9.69. The summed E-state index contributed by atoms with van der Waals surface area (Å²) in [5, 5.41) is 0. The number of amides is 1. The smallest absolute Gasteiger partial charge is 0.271 e. The number of Topliss-reactive ketones (excluding diaryl/α,β-unsaturated/α-hetero) is 1. The third-order valence-corrected chi connectivity index (χ3v) is 9.91. The normalized spacial score (nSPS) is 29.6. The molecule has 7 heteroatoms. The van der Waals surface area contributed by atoms with E-state index in [0.717, 1.165) is 22.7 Å². The maximum absolute atomic E-state index is 13.7. The first-order chi connectivity index (χ1) is 14.4. The highest BCUT2D eigenvalue weighted by Gasteiger charge is 2.72. The number of hydrogen-bond acceptors (Lipinski definition) is 5. The van der Waals surface area contributed by atoms with E-state index in [9.17, 15) is 18.0 Å². The Morgan fingerprint density at radius 3 is 2.58 bits per heavy atom. The number of fused-ring (bicyclic) bond motifs is 1. The molecule has 0 unspecified atom stereocenters. The molecule has 1 aliphatic heterocycles. The fraction of sp³-hybridized carbons (Fsp3) is 0.583. The topological polar surface area (TPSA) is 80.8 Å². The average Bonchev–Trinajstić information content (AvgIpc) is 3.15. The monoisotopic (exact) mass is 445 g/mol. The van der Waals surface area contributed by atoms with E-state index in [1.54, 1.807) is 12.1 Å². The number of benzene rings is 1. The molecule has 4 rings (SSSR count). The quantitative estimate of drug-likeness (QED) is 0.484. The number of ketones is 1. The zero-order valence-corrected chi connectivity index (χ0v) is 19.5. The van der Waals surface area contributed by atoms with Crippen molar-refractivity contribution in [1.29, 1.82) is 0 Å². The van der Waals surface area contributed by atoms with E-state index in [-0.39, 0.29) is 28.6 Å². The molecule has 1 amide bonds. The number of sulfonamides is 1. The van der Waals surface area contributed by atoms with Gasteiger partial charge in [-0.25, -0.2) is 12.7 Å². The first kappa shape index (κ1) is 22.1. The molecule has 2 bridgehead atoms. The van der Waals surface area contributed by atoms with Crippen molar-refractivity contribution in [3.8, 4) is 5.75 Å². The van der Waals surface area contributed by atoms with Crippen LogP contribution in [0.5, 0.6) is 5.75 Å². The highest BCUT2D eigenvalue weighted by molar-refractivity contribution is 7.90. The van der Waals surface area contributed by atoms with Gasteiger partial charge in [-0.3, -0.25) is 9.59 Å². The van der Waals surface area contributed by atoms with Crippen molar-refractivity contribution < 1.29 is 22.7 Å². The van der Waals surface area contributed by atoms with Crippen molar-refractivity contribution in [1.82, 2.24) is 4.31 Å². The molecule has 3 atom stereocenters. The van der Waals surface area contributed by atoms with Gasteiger partial charge in [0.15, 0.2) is 5.78 Å². The Hall–Kier alpha value is -2.15. The molecule has 6 nitrogen and oxygen atoms in total. The van der Waals surface area contributed by atoms with Crippen LogP contribution in [0.2, 0.25) is 0 Å². The van der Waals surface area contributed by atoms with Crippen LogP contribution in [0, 0.1) is 16.7 Å². The van der Waals surface area contributed by atoms with Crippen molar-refractivity contribution in [2.75, 3.05) is 12.4 Å². The molecule has 0 N–H and O–H groups in total. The molecule has 1 saturated heterocycles. The molecule has 1 spiro atoms. The summed E-state index contributed by atoms with van der Waals surface area (Å²) in [5.41, 5.74) is 0.917. The van der Waals surface area contributed by atoms with Gasteiger partial charge in [-0.15, -0.1) is 6.58 Å². The SMILES string of the molecule is C=C(C)CCOc1ccc(C(C)=O)cc1C(=O)N1[C@@H]2C[C@H]3CC[C@]2(CS1(=O)=O)C3(C)C. The molecule has 2 saturated carbocycles. The molecule has 168 valence electrons. The van der Waals surface area contributed by atoms with Crippen molar-refractivity contribution in [3.05, 3.63) is 41.5 Å². The maximum Gasteiger partial charge on any atom is 0.271 e. The number of hydrogen-bond donors (Lipinski definition) is 0. The standard InChI is InChI=1S/C24H31NO5S/c1-15(2)9-11-30-20-7-6-17(16(3)26)12-19(20)22(27)25-21-13-18-8-10-24(21,23(18,4)5)14-31(25,28)29/h6-7,12,18,21H,1,8-11,13-14H2,2-5H3/t18-,21-,24-/m1/s1. The summed E-state index contributed by atoms with van der Waals surface area (Å²) >= 11 is 0. The van der Waals surface area contributed by atoms with Crippen molar-refractivity contribution in [2.45, 2.75) is 59.4 Å². The number of carbonyl (C=O) groups excluding carboxylic acids is 2. The van der Waals surface area contributed by atoms with Gasteiger partial charge >= 0.3 is 0 Å². The van der Waals surface area contributed by atoms with E-state index >= 15 is 0 Å². The predicted octanol–water partition coefficient (Wildman–Crippen LogP) is 4.21. The lowest BCUT2D eigenvalue weighted by molar-refractivity contribution is 0.0697. The van der Waals surface area contributed by atoms with Gasteiger partial charge in [0.25, 0.3) is 5.91 Å². The van der Waals surface area contributed by atoms with Gasteiger partial charge in [-0.05, 0) is 62.6 Å². The second-order valence-electron chi connectivity index (χ2n) is 10.0. The minimum atomic E-state index is -3.76. The van der Waals surface area contributed by atoms with E-state index in [2.05, 4.69) is 20.4 Å². The Bertz CT molecular complexity index is 1070. The van der Waals surface area contributed by atoms with Crippen LogP contribution in [0.1, 0.15) is 74.1 Å². The van der Waals surface area contributed by atoms with E-state index in [0.29, 0.717) is 36.7 Å². The van der Waals surface area contributed by atoms with Crippen LogP contribution in [0.25, 0.3) is 0 Å². The number of rotatable bonds is 6. The molecule has 1 aromatic carbocycles.